The number of hydrogen-bond donors (Lipinski definition) is 6. The minimum absolute atomic E-state index is 0.168. The van der Waals surface area contributed by atoms with E-state index in [1.807, 2.05) is 20.8 Å². The molecule has 0 atom stereocenters. The van der Waals surface area contributed by atoms with Gasteiger partial charge in [0, 0.05) is 36.7 Å². The lowest BCUT2D eigenvalue weighted by Crippen LogP contribution is -2.33. The molecule has 0 bridgehead atoms. The molecule has 6 N–H and O–H groups in total. The van der Waals surface area contributed by atoms with Crippen LogP contribution >= 0.6 is 36.7 Å². The van der Waals surface area contributed by atoms with Crippen molar-refractivity contribution in [1.29, 1.82) is 0 Å². The first kappa shape index (κ1) is 45.0. The van der Waals surface area contributed by atoms with Crippen LogP contribution in [0.4, 0.5) is 56.6 Å². The van der Waals surface area contributed by atoms with Gasteiger partial charge in [0.2, 0.25) is 0 Å². The summed E-state index contributed by atoms with van der Waals surface area (Å²) < 4.78 is 118. The van der Waals surface area contributed by atoms with Crippen LogP contribution in [0.1, 0.15) is 70.8 Å². The first-order valence-corrected chi connectivity index (χ1v) is 18.8. The van der Waals surface area contributed by atoms with Crippen LogP contribution in [0.3, 0.4) is 0 Å². The summed E-state index contributed by atoms with van der Waals surface area (Å²) in [5, 5.41) is 18.8. The van der Waals surface area contributed by atoms with Crippen LogP contribution in [0.15, 0.2) is 72.8 Å². The summed E-state index contributed by atoms with van der Waals surface area (Å²) in [6.07, 6.45) is -11.7. The lowest BCUT2D eigenvalue weighted by atomic mass is 9.83. The highest BCUT2D eigenvalue weighted by molar-refractivity contribution is 7.80. The Morgan fingerprint density at radius 3 is 0.772 bits per heavy atom. The van der Waals surface area contributed by atoms with Crippen molar-refractivity contribution in [3.05, 3.63) is 123 Å². The summed E-state index contributed by atoms with van der Waals surface area (Å²) in [5.74, 6) is 0. The quantitative estimate of drug-likeness (QED) is 0.0617. The lowest BCUT2D eigenvalue weighted by molar-refractivity contribution is -0.138. The fourth-order valence-electron chi connectivity index (χ4n) is 6.27. The van der Waals surface area contributed by atoms with Crippen molar-refractivity contribution in [1.82, 2.24) is 16.0 Å². The Balaban J connectivity index is 1.62. The number of alkyl halides is 9. The van der Waals surface area contributed by atoms with Crippen LogP contribution in [-0.4, -0.2) is 15.3 Å². The fourth-order valence-corrected chi connectivity index (χ4v) is 6.84. The van der Waals surface area contributed by atoms with Crippen molar-refractivity contribution in [3.63, 3.8) is 0 Å². The molecule has 18 heteroatoms. The molecule has 0 aromatic heterocycles. The van der Waals surface area contributed by atoms with E-state index >= 15 is 0 Å². The van der Waals surface area contributed by atoms with E-state index in [1.54, 1.807) is 0 Å². The SMILES string of the molecule is CCc1c(CNC(=S)Nc2ccc(C(F)(F)F)cc2)c(CC)c(CNC(=S)Nc2ccc(C(F)(F)F)cc2)c(CC)c1CNC(=S)Nc1ccc(C(F)(F)F)cc1. The Bertz CT molecular complexity index is 1780. The molecule has 4 aromatic carbocycles. The van der Waals surface area contributed by atoms with Gasteiger partial charge in [-0.05, 0) is 162 Å². The minimum Gasteiger partial charge on any atom is -0.358 e. The Labute approximate surface area is 340 Å². The monoisotopic (exact) mass is 858 g/mol. The standard InChI is InChI=1S/C39H39F9N6S3/c1-4-28-31(19-49-34(55)52-25-13-7-22(8-14-25)37(40,41)42)29(5-2)33(21-51-36(57)54-27-17-11-24(12-18-27)39(46,47)48)30(6-3)32(28)20-50-35(56)53-26-15-9-23(10-16-26)38(43,44)45/h7-18H,4-6,19-21H2,1-3H3,(H2,49,52,55)(H2,50,53,56)(H2,51,54,57). The molecular weight excluding hydrogens is 820 g/mol. The van der Waals surface area contributed by atoms with Crippen molar-refractivity contribution in [2.75, 3.05) is 16.0 Å². The van der Waals surface area contributed by atoms with Crippen LogP contribution in [0, 0.1) is 0 Å². The third-order valence-electron chi connectivity index (χ3n) is 8.93. The van der Waals surface area contributed by atoms with Gasteiger partial charge in [0.1, 0.15) is 0 Å². The first-order chi connectivity index (χ1) is 26.7. The summed E-state index contributed by atoms with van der Waals surface area (Å²) in [4.78, 5) is 0. The maximum absolute atomic E-state index is 13.1. The van der Waals surface area contributed by atoms with Crippen molar-refractivity contribution in [2.24, 2.45) is 0 Å². The van der Waals surface area contributed by atoms with Gasteiger partial charge in [0.15, 0.2) is 15.3 Å². The highest BCUT2D eigenvalue weighted by Gasteiger charge is 2.32. The molecule has 0 saturated heterocycles. The Morgan fingerprint density at radius 2 is 0.596 bits per heavy atom. The first-order valence-electron chi connectivity index (χ1n) is 17.6. The molecule has 0 saturated carbocycles. The van der Waals surface area contributed by atoms with Gasteiger partial charge in [-0.15, -0.1) is 0 Å². The maximum Gasteiger partial charge on any atom is 0.416 e. The average Bonchev–Trinajstić information content (AvgIpc) is 3.14. The van der Waals surface area contributed by atoms with Crippen molar-refractivity contribution < 1.29 is 39.5 Å². The highest BCUT2D eigenvalue weighted by Crippen LogP contribution is 2.33. The van der Waals surface area contributed by atoms with E-state index in [0.717, 1.165) is 69.8 Å². The zero-order valence-electron chi connectivity index (χ0n) is 30.8. The summed E-state index contributed by atoms with van der Waals surface area (Å²) in [5.41, 5.74) is 4.33. The van der Waals surface area contributed by atoms with Gasteiger partial charge < -0.3 is 31.9 Å². The fraction of sp³-hybridized carbons (Fsp3) is 0.308. The lowest BCUT2D eigenvalue weighted by Gasteiger charge is -2.27. The number of hydrogen-bond acceptors (Lipinski definition) is 3. The Kier molecular flexibility index (Phi) is 15.1. The Hall–Kier alpha value is -4.68. The second-order valence-electron chi connectivity index (χ2n) is 12.6. The number of benzene rings is 4. The van der Waals surface area contributed by atoms with Crippen LogP contribution in [0.25, 0.3) is 0 Å². The smallest absolute Gasteiger partial charge is 0.358 e. The topological polar surface area (TPSA) is 72.2 Å². The number of anilines is 3. The van der Waals surface area contributed by atoms with E-state index in [0.29, 0.717) is 36.3 Å². The third-order valence-corrected chi connectivity index (χ3v) is 9.67. The van der Waals surface area contributed by atoms with Gasteiger partial charge >= 0.3 is 18.5 Å². The summed E-state index contributed by atoms with van der Waals surface area (Å²) in [6.45, 7) is 6.64. The molecule has 306 valence electrons. The zero-order valence-corrected chi connectivity index (χ0v) is 33.2. The molecule has 0 aliphatic heterocycles. The van der Waals surface area contributed by atoms with Gasteiger partial charge in [-0.3, -0.25) is 0 Å². The molecule has 4 aromatic rings. The highest BCUT2D eigenvalue weighted by atomic mass is 32.1. The molecular formula is C39H39F9N6S3. The van der Waals surface area contributed by atoms with E-state index in [4.69, 9.17) is 36.7 Å². The number of rotatable bonds is 12. The molecule has 0 fully saturated rings. The zero-order chi connectivity index (χ0) is 42.1. The number of halogens is 9. The van der Waals surface area contributed by atoms with Gasteiger partial charge in [-0.1, -0.05) is 20.8 Å². The second-order valence-corrected chi connectivity index (χ2v) is 13.8. The van der Waals surface area contributed by atoms with E-state index in [9.17, 15) is 39.5 Å². The van der Waals surface area contributed by atoms with Crippen LogP contribution in [-0.2, 0) is 57.4 Å². The van der Waals surface area contributed by atoms with E-state index in [2.05, 4.69) is 31.9 Å². The maximum atomic E-state index is 13.1. The number of thiocarbonyl (C=S) groups is 3. The molecule has 4 rings (SSSR count). The predicted octanol–water partition coefficient (Wildman–Crippen LogP) is 10.9. The average molecular weight is 859 g/mol. The summed E-state index contributed by atoms with van der Waals surface area (Å²) in [6, 6.07) is 13.4. The van der Waals surface area contributed by atoms with Crippen LogP contribution < -0.4 is 31.9 Å². The second kappa shape index (κ2) is 19.2. The molecule has 57 heavy (non-hydrogen) atoms. The molecule has 0 spiro atoms. The van der Waals surface area contributed by atoms with Gasteiger partial charge in [-0.2, -0.15) is 39.5 Å². The summed E-state index contributed by atoms with van der Waals surface area (Å²) in [7, 11) is 0. The molecule has 0 unspecified atom stereocenters. The molecule has 0 aliphatic carbocycles. The normalized spacial score (nSPS) is 11.8. The molecule has 0 amide bonds. The van der Waals surface area contributed by atoms with E-state index in [1.165, 1.54) is 36.4 Å². The molecule has 6 nitrogen and oxygen atoms in total. The van der Waals surface area contributed by atoms with Crippen molar-refractivity contribution in [3.8, 4) is 0 Å². The van der Waals surface area contributed by atoms with Crippen LogP contribution in [0.2, 0.25) is 0 Å². The number of nitrogens with one attached hydrogen (secondary N) is 6. The molecule has 0 heterocycles. The van der Waals surface area contributed by atoms with Crippen molar-refractivity contribution in [2.45, 2.75) is 78.2 Å². The van der Waals surface area contributed by atoms with Gasteiger partial charge in [0.25, 0.3) is 0 Å². The van der Waals surface area contributed by atoms with Gasteiger partial charge in [-0.25, -0.2) is 0 Å². The molecule has 0 radical (unpaired) electrons. The van der Waals surface area contributed by atoms with E-state index in [-0.39, 0.29) is 35.0 Å². The Morgan fingerprint density at radius 1 is 0.386 bits per heavy atom. The van der Waals surface area contributed by atoms with E-state index < -0.39 is 35.2 Å². The third kappa shape index (κ3) is 12.4. The molecule has 0 aliphatic rings. The predicted molar refractivity (Wildman–Crippen MR) is 218 cm³/mol. The largest absolute Gasteiger partial charge is 0.416 e. The minimum atomic E-state index is -4.49. The van der Waals surface area contributed by atoms with Gasteiger partial charge in [0.05, 0.1) is 16.7 Å². The van der Waals surface area contributed by atoms with Crippen molar-refractivity contribution >= 4 is 69.1 Å². The van der Waals surface area contributed by atoms with Crippen LogP contribution in [0.5, 0.6) is 0 Å². The summed E-state index contributed by atoms with van der Waals surface area (Å²) >= 11 is 16.6.